The number of carbonyl (C=O) groups excluding carboxylic acids is 1. The van der Waals surface area contributed by atoms with Gasteiger partial charge in [-0.2, -0.15) is 0 Å². The van der Waals surface area contributed by atoms with Crippen LogP contribution in [0.5, 0.6) is 0 Å². The number of carbonyl (C=O) groups is 1. The van der Waals surface area contributed by atoms with Gasteiger partial charge in [-0.05, 0) is 31.6 Å². The van der Waals surface area contributed by atoms with E-state index in [1.807, 2.05) is 0 Å². The Balaban J connectivity index is 2.55. The van der Waals surface area contributed by atoms with Crippen LogP contribution in [0.1, 0.15) is 32.1 Å². The molecule has 0 aromatic carbocycles. The minimum absolute atomic E-state index is 0.0493. The van der Waals surface area contributed by atoms with Crippen LogP contribution < -0.4 is 0 Å². The summed E-state index contributed by atoms with van der Waals surface area (Å²) < 4.78 is 4.84. The van der Waals surface area contributed by atoms with Crippen molar-refractivity contribution in [2.45, 2.75) is 32.1 Å². The lowest BCUT2D eigenvalue weighted by atomic mass is 9.87. The Kier molecular flexibility index (Phi) is 5.53. The molecule has 18 heavy (non-hydrogen) atoms. The molecule has 0 amide bonds. The van der Waals surface area contributed by atoms with Crippen LogP contribution in [0, 0.1) is 42.4 Å². The molecule has 2 nitrogen and oxygen atoms in total. The maximum Gasteiger partial charge on any atom is 0.309 e. The number of allylic oxidation sites excluding steroid dienone is 1. The number of rotatable bonds is 5. The van der Waals surface area contributed by atoms with E-state index in [0.717, 1.165) is 31.3 Å². The van der Waals surface area contributed by atoms with Gasteiger partial charge in [0.05, 0.1) is 13.0 Å². The second-order valence-corrected chi connectivity index (χ2v) is 4.90. The lowest BCUT2D eigenvalue weighted by Gasteiger charge is -2.18. The summed E-state index contributed by atoms with van der Waals surface area (Å²) in [5, 5.41) is 0. The molecule has 0 spiro atoms. The van der Waals surface area contributed by atoms with E-state index in [9.17, 15) is 4.79 Å². The van der Waals surface area contributed by atoms with Gasteiger partial charge in [0, 0.05) is 12.3 Å². The van der Waals surface area contributed by atoms with Crippen molar-refractivity contribution in [1.29, 1.82) is 0 Å². The van der Waals surface area contributed by atoms with Gasteiger partial charge in [0.15, 0.2) is 0 Å². The number of hydrogen-bond acceptors (Lipinski definition) is 2. The SMILES string of the molecule is C#CCC(C#C)CC[C@@H]1CC(=C)C[C@H]1C(=O)OC. The first-order valence-corrected chi connectivity index (χ1v) is 6.26. The van der Waals surface area contributed by atoms with Crippen molar-refractivity contribution in [3.63, 3.8) is 0 Å². The quantitative estimate of drug-likeness (QED) is 0.422. The van der Waals surface area contributed by atoms with Gasteiger partial charge in [-0.25, -0.2) is 0 Å². The molecule has 1 aliphatic rings. The van der Waals surface area contributed by atoms with Crippen LogP contribution in [-0.2, 0) is 9.53 Å². The van der Waals surface area contributed by atoms with E-state index >= 15 is 0 Å². The largest absolute Gasteiger partial charge is 0.469 e. The number of ether oxygens (including phenoxy) is 1. The molecular formula is C16H20O2. The highest BCUT2D eigenvalue weighted by Crippen LogP contribution is 2.39. The summed E-state index contributed by atoms with van der Waals surface area (Å²) in [7, 11) is 1.43. The molecule has 0 aromatic heterocycles. The standard InChI is InChI=1S/C16H20O2/c1-5-7-13(6-2)8-9-14-10-12(3)11-15(14)16(17)18-4/h1-2,13-15H,3,7-11H2,4H3/t13?,14-,15-/m1/s1. The molecule has 1 saturated carbocycles. The summed E-state index contributed by atoms with van der Waals surface area (Å²) in [4.78, 5) is 11.7. The van der Waals surface area contributed by atoms with E-state index in [-0.39, 0.29) is 17.8 Å². The van der Waals surface area contributed by atoms with Crippen molar-refractivity contribution in [3.8, 4) is 24.7 Å². The lowest BCUT2D eigenvalue weighted by Crippen LogP contribution is -2.20. The predicted molar refractivity (Wildman–Crippen MR) is 72.4 cm³/mol. The molecule has 3 atom stereocenters. The Morgan fingerprint density at radius 3 is 2.83 bits per heavy atom. The Bertz CT molecular complexity index is 394. The van der Waals surface area contributed by atoms with Gasteiger partial charge < -0.3 is 4.74 Å². The van der Waals surface area contributed by atoms with Gasteiger partial charge in [0.25, 0.3) is 0 Å². The zero-order valence-corrected chi connectivity index (χ0v) is 10.9. The summed E-state index contributed by atoms with van der Waals surface area (Å²) in [5.41, 5.74) is 1.13. The summed E-state index contributed by atoms with van der Waals surface area (Å²) in [6, 6.07) is 0. The molecule has 1 rings (SSSR count). The van der Waals surface area contributed by atoms with E-state index in [2.05, 4.69) is 18.4 Å². The highest BCUT2D eigenvalue weighted by atomic mass is 16.5. The maximum atomic E-state index is 11.7. The van der Waals surface area contributed by atoms with Crippen molar-refractivity contribution >= 4 is 5.97 Å². The molecular weight excluding hydrogens is 224 g/mol. The first-order chi connectivity index (χ1) is 8.62. The van der Waals surface area contributed by atoms with Gasteiger partial charge >= 0.3 is 5.97 Å². The summed E-state index contributed by atoms with van der Waals surface area (Å²) in [5.74, 6) is 5.55. The number of hydrogen-bond donors (Lipinski definition) is 0. The highest BCUT2D eigenvalue weighted by molar-refractivity contribution is 5.73. The summed E-state index contributed by atoms with van der Waals surface area (Å²) in [6.07, 6.45) is 14.7. The van der Waals surface area contributed by atoms with E-state index in [0.29, 0.717) is 12.3 Å². The summed E-state index contributed by atoms with van der Waals surface area (Å²) in [6.45, 7) is 3.97. The topological polar surface area (TPSA) is 26.3 Å². The van der Waals surface area contributed by atoms with Crippen LogP contribution in [0.4, 0.5) is 0 Å². The average molecular weight is 244 g/mol. The fraction of sp³-hybridized carbons (Fsp3) is 0.562. The predicted octanol–water partition coefficient (Wildman–Crippen LogP) is 2.79. The molecule has 0 saturated heterocycles. The van der Waals surface area contributed by atoms with Crippen molar-refractivity contribution < 1.29 is 9.53 Å². The second kappa shape index (κ2) is 6.92. The van der Waals surface area contributed by atoms with E-state index < -0.39 is 0 Å². The van der Waals surface area contributed by atoms with Crippen LogP contribution in [-0.4, -0.2) is 13.1 Å². The summed E-state index contributed by atoms with van der Waals surface area (Å²) >= 11 is 0. The molecule has 0 aliphatic heterocycles. The molecule has 0 heterocycles. The molecule has 0 N–H and O–H groups in total. The molecule has 1 unspecified atom stereocenters. The molecule has 2 heteroatoms. The van der Waals surface area contributed by atoms with Gasteiger partial charge in [-0.3, -0.25) is 4.79 Å². The third-order valence-corrected chi connectivity index (χ3v) is 3.62. The Morgan fingerprint density at radius 1 is 1.56 bits per heavy atom. The van der Waals surface area contributed by atoms with Crippen LogP contribution >= 0.6 is 0 Å². The molecule has 96 valence electrons. The van der Waals surface area contributed by atoms with Crippen molar-refractivity contribution in [3.05, 3.63) is 12.2 Å². The van der Waals surface area contributed by atoms with Crippen LogP contribution in [0.25, 0.3) is 0 Å². The molecule has 0 aromatic rings. The van der Waals surface area contributed by atoms with Gasteiger partial charge in [0.2, 0.25) is 0 Å². The second-order valence-electron chi connectivity index (χ2n) is 4.90. The van der Waals surface area contributed by atoms with E-state index in [1.165, 1.54) is 7.11 Å². The van der Waals surface area contributed by atoms with Crippen LogP contribution in [0.2, 0.25) is 0 Å². The zero-order valence-electron chi connectivity index (χ0n) is 10.9. The number of terminal acetylenes is 2. The number of methoxy groups -OCH3 is 1. The van der Waals surface area contributed by atoms with Gasteiger partial charge in [0.1, 0.15) is 0 Å². The zero-order chi connectivity index (χ0) is 13.5. The fourth-order valence-corrected chi connectivity index (χ4v) is 2.61. The fourth-order valence-electron chi connectivity index (χ4n) is 2.61. The molecule has 0 bridgehead atoms. The lowest BCUT2D eigenvalue weighted by molar-refractivity contribution is -0.146. The normalized spacial score (nSPS) is 24.1. The third kappa shape index (κ3) is 3.67. The van der Waals surface area contributed by atoms with Crippen molar-refractivity contribution in [2.75, 3.05) is 7.11 Å². The van der Waals surface area contributed by atoms with E-state index in [1.54, 1.807) is 0 Å². The maximum absolute atomic E-state index is 11.7. The monoisotopic (exact) mass is 244 g/mol. The van der Waals surface area contributed by atoms with Crippen molar-refractivity contribution in [2.24, 2.45) is 17.8 Å². The van der Waals surface area contributed by atoms with Gasteiger partial charge in [-0.1, -0.05) is 12.2 Å². The van der Waals surface area contributed by atoms with E-state index in [4.69, 9.17) is 17.6 Å². The first kappa shape index (κ1) is 14.4. The average Bonchev–Trinajstić information content (AvgIpc) is 2.74. The minimum atomic E-state index is -0.132. The third-order valence-electron chi connectivity index (χ3n) is 3.62. The Hall–Kier alpha value is -1.67. The first-order valence-electron chi connectivity index (χ1n) is 6.26. The Morgan fingerprint density at radius 2 is 2.28 bits per heavy atom. The Labute approximate surface area is 110 Å². The molecule has 0 radical (unpaired) electrons. The van der Waals surface area contributed by atoms with Crippen LogP contribution in [0.15, 0.2) is 12.2 Å². The van der Waals surface area contributed by atoms with Crippen LogP contribution in [0.3, 0.4) is 0 Å². The minimum Gasteiger partial charge on any atom is -0.469 e. The molecule has 1 aliphatic carbocycles. The smallest absolute Gasteiger partial charge is 0.309 e. The van der Waals surface area contributed by atoms with Gasteiger partial charge in [-0.15, -0.1) is 24.7 Å². The highest BCUT2D eigenvalue weighted by Gasteiger charge is 2.35. The molecule has 1 fully saturated rings. The number of esters is 1. The van der Waals surface area contributed by atoms with Crippen molar-refractivity contribution in [1.82, 2.24) is 0 Å².